The van der Waals surface area contributed by atoms with Gasteiger partial charge in [0, 0.05) is 33.1 Å². The predicted molar refractivity (Wildman–Crippen MR) is 142 cm³/mol. The van der Waals surface area contributed by atoms with Crippen LogP contribution in [-0.4, -0.2) is 85.9 Å². The Morgan fingerprint density at radius 2 is 1.58 bits per heavy atom. The van der Waals surface area contributed by atoms with Gasteiger partial charge in [-0.1, -0.05) is 19.8 Å². The summed E-state index contributed by atoms with van der Waals surface area (Å²) >= 11 is 0. The molecule has 1 heterocycles. The number of aliphatic imine (C=N–C) groups is 1. The summed E-state index contributed by atoms with van der Waals surface area (Å²) in [5, 5.41) is 14.0. The van der Waals surface area contributed by atoms with E-state index < -0.39 is 0 Å². The molecule has 1 saturated carbocycles. The molecule has 10 nitrogen and oxygen atoms in total. The van der Waals surface area contributed by atoms with Gasteiger partial charge in [0.2, 0.25) is 6.41 Å². The fourth-order valence-corrected chi connectivity index (χ4v) is 3.11. The van der Waals surface area contributed by atoms with Crippen LogP contribution in [0.1, 0.15) is 65.2 Å². The van der Waals surface area contributed by atoms with Crippen LogP contribution in [-0.2, 0) is 23.9 Å². The first kappa shape index (κ1) is 38.0. The van der Waals surface area contributed by atoms with E-state index in [-0.39, 0.29) is 12.1 Å². The van der Waals surface area contributed by atoms with E-state index in [1.807, 2.05) is 6.20 Å². The molecule has 1 aliphatic heterocycles. The summed E-state index contributed by atoms with van der Waals surface area (Å²) < 4.78 is 6.69. The molecule has 1 saturated heterocycles. The molecule has 10 heteroatoms. The Labute approximate surface area is 216 Å². The minimum Gasteiger partial charge on any atom is -0.400 e. The topological polar surface area (TPSA) is 156 Å². The summed E-state index contributed by atoms with van der Waals surface area (Å²) in [6, 6.07) is 0. The van der Waals surface area contributed by atoms with Crippen LogP contribution < -0.4 is 5.73 Å². The Bertz CT molecular complexity index is 662. The summed E-state index contributed by atoms with van der Waals surface area (Å²) in [7, 11) is 6.13. The van der Waals surface area contributed by atoms with Crippen molar-refractivity contribution in [2.75, 3.05) is 28.3 Å². The second-order valence-corrected chi connectivity index (χ2v) is 8.54. The van der Waals surface area contributed by atoms with Crippen LogP contribution in [0.15, 0.2) is 29.4 Å². The number of ether oxygens (including phenoxy) is 1. The molecule has 2 rings (SSSR count). The number of aliphatic hydroxyl groups excluding tert-OH is 2. The average molecular weight is 515 g/mol. The third kappa shape index (κ3) is 23.2. The van der Waals surface area contributed by atoms with Gasteiger partial charge in [-0.25, -0.2) is 0 Å². The second kappa shape index (κ2) is 25.6. The van der Waals surface area contributed by atoms with Crippen molar-refractivity contribution in [1.82, 2.24) is 0 Å². The maximum atomic E-state index is 10.3. The molecule has 0 spiro atoms. The van der Waals surface area contributed by atoms with E-state index in [2.05, 4.69) is 26.0 Å². The lowest BCUT2D eigenvalue weighted by Crippen LogP contribution is -2.44. The third-order valence-corrected chi connectivity index (χ3v) is 5.08. The number of hydrogen-bond donors (Lipinski definition) is 3. The van der Waals surface area contributed by atoms with Crippen LogP contribution >= 0.6 is 0 Å². The zero-order valence-electron chi connectivity index (χ0n) is 22.8. The molecule has 1 amide bonds. The number of aldehydes is 2. The highest BCUT2D eigenvalue weighted by atomic mass is 16.5. The van der Waals surface area contributed by atoms with Gasteiger partial charge in [-0.3, -0.25) is 18.9 Å². The summed E-state index contributed by atoms with van der Waals surface area (Å²) in [6.45, 7) is 3.86. The van der Waals surface area contributed by atoms with Crippen LogP contribution in [0.25, 0.3) is 0 Å². The molecular weight excluding hydrogens is 466 g/mol. The van der Waals surface area contributed by atoms with Crippen molar-refractivity contribution in [3.8, 4) is 0 Å². The molecule has 1 aliphatic carbocycles. The number of nitrogens with two attached hydrogens (primary N) is 1. The van der Waals surface area contributed by atoms with Crippen LogP contribution in [0, 0.1) is 5.92 Å². The summed E-state index contributed by atoms with van der Waals surface area (Å²) in [5.41, 5.74) is 5.56. The summed E-state index contributed by atoms with van der Waals surface area (Å²) in [5.74, 6) is 1.35. The number of carbonyl (C=O) groups excluding carboxylic acids is 4. The number of carbonyl (C=O) groups is 4. The number of nitrogens with zero attached hydrogens (tertiary/aromatic N) is 2. The number of unbranched alkanes of at least 4 members (excludes halogenated alkanes) is 1. The molecule has 0 radical (unpaired) electrons. The highest BCUT2D eigenvalue weighted by Crippen LogP contribution is 2.32. The smallest absolute Gasteiger partial charge is 0.234 e. The van der Waals surface area contributed by atoms with Gasteiger partial charge < -0.3 is 25.5 Å². The quantitative estimate of drug-likeness (QED) is 0.125. The highest BCUT2D eigenvalue weighted by Gasteiger charge is 2.35. The zero-order valence-corrected chi connectivity index (χ0v) is 22.8. The van der Waals surface area contributed by atoms with E-state index >= 15 is 0 Å². The molecule has 36 heavy (non-hydrogen) atoms. The normalized spacial score (nSPS) is 18.8. The van der Waals surface area contributed by atoms with Crippen molar-refractivity contribution in [1.29, 1.82) is 0 Å². The number of quaternary nitrogens is 1. The van der Waals surface area contributed by atoms with Gasteiger partial charge in [-0.15, -0.1) is 0 Å². The molecule has 208 valence electrons. The van der Waals surface area contributed by atoms with E-state index in [0.717, 1.165) is 58.0 Å². The molecule has 2 fully saturated rings. The van der Waals surface area contributed by atoms with Gasteiger partial charge in [0.05, 0.1) is 20.2 Å². The highest BCUT2D eigenvalue weighted by molar-refractivity contribution is 5.95. The number of Topliss-reactive ketones (excluding diaryl/α,β-unsaturated/α-hetero) is 1. The number of aliphatic hydroxyl groups is 2. The van der Waals surface area contributed by atoms with Crippen LogP contribution in [0.3, 0.4) is 0 Å². The summed E-state index contributed by atoms with van der Waals surface area (Å²) in [4.78, 5) is 42.6. The van der Waals surface area contributed by atoms with E-state index in [1.54, 1.807) is 13.0 Å². The number of ketones is 1. The fourth-order valence-electron chi connectivity index (χ4n) is 3.11. The zero-order chi connectivity index (χ0) is 28.4. The largest absolute Gasteiger partial charge is 0.400 e. The van der Waals surface area contributed by atoms with Crippen LogP contribution in [0.4, 0.5) is 0 Å². The first-order chi connectivity index (χ1) is 17.2. The Balaban J connectivity index is -0.000000523. The molecule has 4 N–H and O–H groups in total. The second-order valence-electron chi connectivity index (χ2n) is 8.54. The molecule has 0 aromatic carbocycles. The first-order valence-corrected chi connectivity index (χ1v) is 12.1. The Morgan fingerprint density at radius 3 is 1.97 bits per heavy atom. The SMILES string of the molecule is CC(=O)CC1CC1.CCCCC1CCC([N+](C)(C)/C=C\C(N)=NC=O)O1.CO.CO.O=C/C=C\C=O. The van der Waals surface area contributed by atoms with Crippen molar-refractivity contribution in [3.63, 3.8) is 0 Å². The van der Waals surface area contributed by atoms with Crippen molar-refractivity contribution in [3.05, 3.63) is 24.4 Å². The molecular formula is C26H48N3O7+. The van der Waals surface area contributed by atoms with E-state index in [4.69, 9.17) is 20.7 Å². The number of rotatable bonds is 11. The predicted octanol–water partition coefficient (Wildman–Crippen LogP) is 2.32. The van der Waals surface area contributed by atoms with Gasteiger partial charge >= 0.3 is 0 Å². The standard InChI is InChI=1S/C14H25N3O2.C6H10O.C4H4O2.2CH4O/c1-4-5-6-12-7-8-14(19-12)17(2,3)10-9-13(15)16-11-18;1-5(7)4-6-2-3-6;5-3-1-2-4-6;2*1-2/h9-12,14H,4-8H2,1-3H3,(H-,15,16,18);6H,2-4H2,1H3;1-4H;2*2H,1H3/p+1/b10-9-;;2-1-;;. The Morgan fingerprint density at radius 1 is 1.03 bits per heavy atom. The van der Waals surface area contributed by atoms with Gasteiger partial charge in [0.25, 0.3) is 0 Å². The maximum Gasteiger partial charge on any atom is 0.234 e. The van der Waals surface area contributed by atoms with Crippen molar-refractivity contribution < 1.29 is 38.6 Å². The van der Waals surface area contributed by atoms with E-state index in [9.17, 15) is 19.2 Å². The Kier molecular flexibility index (Phi) is 27.0. The van der Waals surface area contributed by atoms with Gasteiger partial charge in [-0.05, 0) is 50.7 Å². The molecule has 0 bridgehead atoms. The fraction of sp³-hybridized carbons (Fsp3) is 0.654. The lowest BCUT2D eigenvalue weighted by Gasteiger charge is -2.31. The monoisotopic (exact) mass is 514 g/mol. The van der Waals surface area contributed by atoms with Gasteiger partial charge in [-0.2, -0.15) is 4.99 Å². The molecule has 2 atom stereocenters. The van der Waals surface area contributed by atoms with Crippen LogP contribution in [0.2, 0.25) is 0 Å². The number of hydrogen-bond acceptors (Lipinski definition) is 7. The maximum absolute atomic E-state index is 10.3. The molecule has 0 aromatic rings. The first-order valence-electron chi connectivity index (χ1n) is 12.1. The van der Waals surface area contributed by atoms with Gasteiger partial charge in [0.1, 0.15) is 30.4 Å². The summed E-state index contributed by atoms with van der Waals surface area (Å²) in [6.07, 6.45) is 17.1. The van der Waals surface area contributed by atoms with E-state index in [1.165, 1.54) is 25.7 Å². The van der Waals surface area contributed by atoms with E-state index in [0.29, 0.717) is 35.4 Å². The minimum atomic E-state index is 0.155. The van der Waals surface area contributed by atoms with Crippen molar-refractivity contribution in [2.45, 2.75) is 77.5 Å². The number of amidine groups is 1. The van der Waals surface area contributed by atoms with Crippen molar-refractivity contribution in [2.24, 2.45) is 16.6 Å². The number of allylic oxidation sites excluding steroid dienone is 2. The number of amides is 1. The van der Waals surface area contributed by atoms with Crippen molar-refractivity contribution >= 4 is 30.6 Å². The minimum absolute atomic E-state index is 0.155. The Hall–Kier alpha value is -2.53. The molecule has 2 unspecified atom stereocenters. The average Bonchev–Trinajstić information content (AvgIpc) is 3.54. The lowest BCUT2D eigenvalue weighted by atomic mass is 10.1. The molecule has 0 aromatic heterocycles. The lowest BCUT2D eigenvalue weighted by molar-refractivity contribution is -0.889. The molecule has 2 aliphatic rings. The van der Waals surface area contributed by atoms with Gasteiger partial charge in [0.15, 0.2) is 6.23 Å². The van der Waals surface area contributed by atoms with Crippen LogP contribution in [0.5, 0.6) is 0 Å². The third-order valence-electron chi connectivity index (χ3n) is 5.08.